The Labute approximate surface area is 94.2 Å². The van der Waals surface area contributed by atoms with Gasteiger partial charge in [0, 0.05) is 16.4 Å². The molecule has 14 heavy (non-hydrogen) atoms. The molecule has 1 aliphatic rings. The molecule has 0 atom stereocenters. The summed E-state index contributed by atoms with van der Waals surface area (Å²) in [6.07, 6.45) is 1.17. The molecule has 1 aliphatic heterocycles. The van der Waals surface area contributed by atoms with Gasteiger partial charge >= 0.3 is 0 Å². The number of hydrogen-bond acceptors (Lipinski definition) is 2. The van der Waals surface area contributed by atoms with E-state index in [1.54, 1.807) is 4.91 Å². The van der Waals surface area contributed by atoms with Crippen molar-refractivity contribution in [3.05, 3.63) is 40.8 Å². The molecular formula is C12H14S2. The van der Waals surface area contributed by atoms with Crippen molar-refractivity contribution in [3.63, 3.8) is 0 Å². The first-order valence-corrected chi connectivity index (χ1v) is 6.93. The summed E-state index contributed by atoms with van der Waals surface area (Å²) in [5.41, 5.74) is 1.39. The van der Waals surface area contributed by atoms with E-state index in [4.69, 9.17) is 0 Å². The summed E-state index contributed by atoms with van der Waals surface area (Å²) in [5, 5.41) is 0. The SMILES string of the molecule is CCC1=C(c2ccccc2)SCCS1. The molecule has 0 saturated carbocycles. The first-order chi connectivity index (χ1) is 6.92. The van der Waals surface area contributed by atoms with E-state index < -0.39 is 0 Å². The van der Waals surface area contributed by atoms with Crippen LogP contribution >= 0.6 is 23.5 Å². The maximum Gasteiger partial charge on any atom is 0.0240 e. The fourth-order valence-corrected chi connectivity index (χ4v) is 4.08. The van der Waals surface area contributed by atoms with Gasteiger partial charge in [0.25, 0.3) is 0 Å². The monoisotopic (exact) mass is 222 g/mol. The fraction of sp³-hybridized carbons (Fsp3) is 0.333. The highest BCUT2D eigenvalue weighted by atomic mass is 32.2. The smallest absolute Gasteiger partial charge is 0.0240 e. The Kier molecular flexibility index (Phi) is 3.60. The molecule has 1 aromatic rings. The molecule has 0 saturated heterocycles. The second-order valence-corrected chi connectivity index (χ2v) is 5.46. The number of rotatable bonds is 2. The Hall–Kier alpha value is -0.340. The third-order valence-electron chi connectivity index (χ3n) is 2.22. The molecule has 0 radical (unpaired) electrons. The Morgan fingerprint density at radius 1 is 1.07 bits per heavy atom. The van der Waals surface area contributed by atoms with Gasteiger partial charge < -0.3 is 0 Å². The average Bonchev–Trinajstić information content (AvgIpc) is 2.30. The number of thioether (sulfide) groups is 2. The lowest BCUT2D eigenvalue weighted by molar-refractivity contribution is 1.20. The van der Waals surface area contributed by atoms with E-state index in [-0.39, 0.29) is 0 Å². The van der Waals surface area contributed by atoms with E-state index in [9.17, 15) is 0 Å². The van der Waals surface area contributed by atoms with Crippen LogP contribution < -0.4 is 0 Å². The summed E-state index contributed by atoms with van der Waals surface area (Å²) in [5.74, 6) is 2.52. The Balaban J connectivity index is 2.35. The molecule has 0 aromatic heterocycles. The summed E-state index contributed by atoms with van der Waals surface area (Å²) in [7, 11) is 0. The molecule has 0 nitrogen and oxygen atoms in total. The second kappa shape index (κ2) is 4.94. The zero-order valence-electron chi connectivity index (χ0n) is 8.32. The minimum absolute atomic E-state index is 1.17. The standard InChI is InChI=1S/C12H14S2/c1-2-11-12(14-9-8-13-11)10-6-4-3-5-7-10/h3-7H,2,8-9H2,1H3. The van der Waals surface area contributed by atoms with Gasteiger partial charge in [-0.2, -0.15) is 0 Å². The molecular weight excluding hydrogens is 208 g/mol. The van der Waals surface area contributed by atoms with Gasteiger partial charge in [-0.15, -0.1) is 23.5 Å². The van der Waals surface area contributed by atoms with Gasteiger partial charge in [-0.1, -0.05) is 37.3 Å². The molecule has 0 bridgehead atoms. The molecule has 1 heterocycles. The highest BCUT2D eigenvalue weighted by molar-refractivity contribution is 8.13. The van der Waals surface area contributed by atoms with Crippen molar-refractivity contribution in [2.75, 3.05) is 11.5 Å². The molecule has 0 N–H and O–H groups in total. The summed E-state index contributed by atoms with van der Waals surface area (Å²) in [6, 6.07) is 10.7. The van der Waals surface area contributed by atoms with Crippen molar-refractivity contribution < 1.29 is 0 Å². The van der Waals surface area contributed by atoms with Crippen molar-refractivity contribution in [2.45, 2.75) is 13.3 Å². The fourth-order valence-electron chi connectivity index (χ4n) is 1.55. The van der Waals surface area contributed by atoms with Gasteiger partial charge in [-0.25, -0.2) is 0 Å². The number of hydrogen-bond donors (Lipinski definition) is 0. The predicted molar refractivity (Wildman–Crippen MR) is 68.6 cm³/mol. The van der Waals surface area contributed by atoms with Gasteiger partial charge in [0.05, 0.1) is 0 Å². The van der Waals surface area contributed by atoms with Crippen LogP contribution in [0.1, 0.15) is 18.9 Å². The predicted octanol–water partition coefficient (Wildman–Crippen LogP) is 4.25. The molecule has 0 unspecified atom stereocenters. The van der Waals surface area contributed by atoms with Gasteiger partial charge in [-0.3, -0.25) is 0 Å². The zero-order chi connectivity index (χ0) is 9.80. The van der Waals surface area contributed by atoms with Crippen LogP contribution in [0.2, 0.25) is 0 Å². The van der Waals surface area contributed by atoms with Crippen molar-refractivity contribution in [3.8, 4) is 0 Å². The number of benzene rings is 1. The van der Waals surface area contributed by atoms with Gasteiger partial charge in [0.2, 0.25) is 0 Å². The number of allylic oxidation sites excluding steroid dienone is 1. The largest absolute Gasteiger partial charge is 0.129 e. The highest BCUT2D eigenvalue weighted by Crippen LogP contribution is 2.41. The van der Waals surface area contributed by atoms with Gasteiger partial charge in [0.15, 0.2) is 0 Å². The van der Waals surface area contributed by atoms with Gasteiger partial charge in [0.1, 0.15) is 0 Å². The van der Waals surface area contributed by atoms with E-state index in [2.05, 4.69) is 37.3 Å². The zero-order valence-corrected chi connectivity index (χ0v) is 9.96. The van der Waals surface area contributed by atoms with E-state index in [0.717, 1.165) is 0 Å². The average molecular weight is 222 g/mol. The summed E-state index contributed by atoms with van der Waals surface area (Å²) < 4.78 is 0. The second-order valence-electron chi connectivity index (χ2n) is 3.17. The lowest BCUT2D eigenvalue weighted by Crippen LogP contribution is -1.96. The third kappa shape index (κ3) is 2.18. The molecule has 0 amide bonds. The first kappa shape index (κ1) is 10.2. The van der Waals surface area contributed by atoms with Crippen LogP contribution in [0.4, 0.5) is 0 Å². The van der Waals surface area contributed by atoms with Crippen LogP contribution in [-0.2, 0) is 0 Å². The topological polar surface area (TPSA) is 0 Å². The minimum Gasteiger partial charge on any atom is -0.129 e. The lowest BCUT2D eigenvalue weighted by atomic mass is 10.2. The highest BCUT2D eigenvalue weighted by Gasteiger charge is 2.13. The molecule has 2 rings (SSSR count). The minimum atomic E-state index is 1.17. The summed E-state index contributed by atoms with van der Waals surface area (Å²) in [6.45, 7) is 2.25. The molecule has 0 aliphatic carbocycles. The van der Waals surface area contributed by atoms with Crippen molar-refractivity contribution in [1.29, 1.82) is 0 Å². The van der Waals surface area contributed by atoms with Crippen LogP contribution in [0.15, 0.2) is 35.2 Å². The maximum atomic E-state index is 2.25. The van der Waals surface area contributed by atoms with Crippen LogP contribution in [0, 0.1) is 0 Å². The summed E-state index contributed by atoms with van der Waals surface area (Å²) >= 11 is 4.03. The molecule has 74 valence electrons. The van der Waals surface area contributed by atoms with Crippen LogP contribution in [0.3, 0.4) is 0 Å². The summed E-state index contributed by atoms with van der Waals surface area (Å²) in [4.78, 5) is 3.07. The first-order valence-electron chi connectivity index (χ1n) is 4.96. The molecule has 0 spiro atoms. The quantitative estimate of drug-likeness (QED) is 0.734. The van der Waals surface area contributed by atoms with Crippen LogP contribution in [-0.4, -0.2) is 11.5 Å². The van der Waals surface area contributed by atoms with E-state index in [1.165, 1.54) is 28.4 Å². The van der Waals surface area contributed by atoms with E-state index in [0.29, 0.717) is 0 Å². The molecule has 2 heteroatoms. The molecule has 1 aromatic carbocycles. The van der Waals surface area contributed by atoms with Crippen molar-refractivity contribution in [2.24, 2.45) is 0 Å². The van der Waals surface area contributed by atoms with Crippen molar-refractivity contribution in [1.82, 2.24) is 0 Å². The van der Waals surface area contributed by atoms with E-state index >= 15 is 0 Å². The molecule has 0 fully saturated rings. The Bertz CT molecular complexity index is 327. The Morgan fingerprint density at radius 3 is 2.50 bits per heavy atom. The van der Waals surface area contributed by atoms with Crippen molar-refractivity contribution >= 4 is 28.4 Å². The van der Waals surface area contributed by atoms with Gasteiger partial charge in [-0.05, 0) is 16.9 Å². The maximum absolute atomic E-state index is 2.25. The lowest BCUT2D eigenvalue weighted by Gasteiger charge is -2.18. The van der Waals surface area contributed by atoms with E-state index in [1.807, 2.05) is 23.5 Å². The van der Waals surface area contributed by atoms with Crippen LogP contribution in [0.25, 0.3) is 4.91 Å². The Morgan fingerprint density at radius 2 is 1.79 bits per heavy atom. The normalized spacial score (nSPS) is 17.2. The van der Waals surface area contributed by atoms with Crippen LogP contribution in [0.5, 0.6) is 0 Å². The third-order valence-corrected chi connectivity index (χ3v) is 5.03.